The number of carbonyl (C=O) groups is 1. The van der Waals surface area contributed by atoms with E-state index in [9.17, 15) is 13.2 Å². The summed E-state index contributed by atoms with van der Waals surface area (Å²) < 4.78 is 27.8. The van der Waals surface area contributed by atoms with Gasteiger partial charge in [0, 0.05) is 15.7 Å². The number of carbonyl (C=O) groups excluding carboxylic acids is 1. The molecular formula is C22H19Cl3N2O3S. The van der Waals surface area contributed by atoms with Crippen LogP contribution in [0, 0.1) is 13.8 Å². The van der Waals surface area contributed by atoms with Crippen molar-refractivity contribution >= 4 is 62.1 Å². The summed E-state index contributed by atoms with van der Waals surface area (Å²) in [5.41, 5.74) is 2.31. The Hall–Kier alpha value is -2.25. The van der Waals surface area contributed by atoms with Crippen LogP contribution in [-0.4, -0.2) is 20.9 Å². The summed E-state index contributed by atoms with van der Waals surface area (Å²) in [6, 6.07) is 15.8. The van der Waals surface area contributed by atoms with Crippen molar-refractivity contribution in [3.05, 3.63) is 86.9 Å². The Morgan fingerprint density at radius 1 is 0.903 bits per heavy atom. The number of anilines is 2. The normalized spacial score (nSPS) is 11.3. The van der Waals surface area contributed by atoms with Crippen LogP contribution >= 0.6 is 34.8 Å². The fourth-order valence-corrected chi connectivity index (χ4v) is 4.86. The van der Waals surface area contributed by atoms with Gasteiger partial charge in [-0.05, 0) is 61.9 Å². The van der Waals surface area contributed by atoms with E-state index in [-0.39, 0.29) is 20.6 Å². The van der Waals surface area contributed by atoms with Crippen molar-refractivity contribution in [1.29, 1.82) is 0 Å². The maximum absolute atomic E-state index is 13.4. The van der Waals surface area contributed by atoms with E-state index in [1.807, 2.05) is 13.8 Å². The maximum Gasteiger partial charge on any atom is 0.264 e. The SMILES string of the molecule is Cc1ccc(S(=O)(=O)N(CC(=O)Nc2ccc(C)c(Cl)c2)c2cc(Cl)ccc2Cl)cc1. The van der Waals surface area contributed by atoms with Crippen LogP contribution in [0.25, 0.3) is 0 Å². The van der Waals surface area contributed by atoms with Gasteiger partial charge in [-0.15, -0.1) is 0 Å². The first-order valence-electron chi connectivity index (χ1n) is 9.18. The largest absolute Gasteiger partial charge is 0.324 e. The van der Waals surface area contributed by atoms with Crippen molar-refractivity contribution in [2.24, 2.45) is 0 Å². The lowest BCUT2D eigenvalue weighted by Crippen LogP contribution is -2.38. The van der Waals surface area contributed by atoms with Crippen LogP contribution in [0.5, 0.6) is 0 Å². The third-order valence-electron chi connectivity index (χ3n) is 4.53. The number of benzene rings is 3. The van der Waals surface area contributed by atoms with E-state index in [0.717, 1.165) is 15.4 Å². The molecule has 1 N–H and O–H groups in total. The zero-order valence-corrected chi connectivity index (χ0v) is 19.8. The summed E-state index contributed by atoms with van der Waals surface area (Å²) >= 11 is 18.5. The van der Waals surface area contributed by atoms with Gasteiger partial charge in [0.15, 0.2) is 0 Å². The molecule has 0 bridgehead atoms. The van der Waals surface area contributed by atoms with Gasteiger partial charge in [-0.2, -0.15) is 0 Å². The van der Waals surface area contributed by atoms with Crippen LogP contribution in [0.4, 0.5) is 11.4 Å². The Balaban J connectivity index is 1.99. The first-order valence-corrected chi connectivity index (χ1v) is 11.8. The number of hydrogen-bond acceptors (Lipinski definition) is 3. The topological polar surface area (TPSA) is 66.5 Å². The van der Waals surface area contributed by atoms with Gasteiger partial charge in [0.25, 0.3) is 10.0 Å². The number of rotatable bonds is 6. The van der Waals surface area contributed by atoms with E-state index in [2.05, 4.69) is 5.32 Å². The maximum atomic E-state index is 13.4. The molecule has 3 rings (SSSR count). The Labute approximate surface area is 196 Å². The molecule has 3 aromatic carbocycles. The predicted molar refractivity (Wildman–Crippen MR) is 127 cm³/mol. The second kappa shape index (κ2) is 9.49. The van der Waals surface area contributed by atoms with Crippen molar-refractivity contribution in [3.63, 3.8) is 0 Å². The number of amides is 1. The first-order chi connectivity index (χ1) is 14.6. The third-order valence-corrected chi connectivity index (χ3v) is 7.26. The number of aryl methyl sites for hydroxylation is 2. The molecule has 0 aliphatic rings. The number of sulfonamides is 1. The fraction of sp³-hybridized carbons (Fsp3) is 0.136. The molecule has 0 aliphatic heterocycles. The highest BCUT2D eigenvalue weighted by atomic mass is 35.5. The van der Waals surface area contributed by atoms with Crippen LogP contribution in [0.3, 0.4) is 0 Å². The van der Waals surface area contributed by atoms with Crippen molar-refractivity contribution in [2.75, 3.05) is 16.2 Å². The molecule has 0 unspecified atom stereocenters. The molecule has 0 saturated heterocycles. The van der Waals surface area contributed by atoms with Gasteiger partial charge in [0.1, 0.15) is 6.54 Å². The molecule has 31 heavy (non-hydrogen) atoms. The van der Waals surface area contributed by atoms with E-state index in [1.165, 1.54) is 24.3 Å². The second-order valence-corrected chi connectivity index (χ2v) is 10.0. The molecular weight excluding hydrogens is 479 g/mol. The second-order valence-electron chi connectivity index (χ2n) is 6.93. The van der Waals surface area contributed by atoms with Gasteiger partial charge in [0.05, 0.1) is 15.6 Å². The molecule has 3 aromatic rings. The van der Waals surface area contributed by atoms with E-state index in [4.69, 9.17) is 34.8 Å². The highest BCUT2D eigenvalue weighted by Gasteiger charge is 2.29. The predicted octanol–water partition coefficient (Wildman–Crippen LogP) is 6.10. The monoisotopic (exact) mass is 496 g/mol. The number of hydrogen-bond donors (Lipinski definition) is 1. The van der Waals surface area contributed by atoms with Crippen LogP contribution in [0.1, 0.15) is 11.1 Å². The molecule has 162 valence electrons. The van der Waals surface area contributed by atoms with Crippen LogP contribution in [0.2, 0.25) is 15.1 Å². The number of halogens is 3. The Kier molecular flexibility index (Phi) is 7.17. The minimum atomic E-state index is -4.11. The summed E-state index contributed by atoms with van der Waals surface area (Å²) in [5.74, 6) is -0.563. The van der Waals surface area contributed by atoms with E-state index >= 15 is 0 Å². The van der Waals surface area contributed by atoms with E-state index < -0.39 is 22.5 Å². The summed E-state index contributed by atoms with van der Waals surface area (Å²) in [6.45, 7) is 3.18. The van der Waals surface area contributed by atoms with Gasteiger partial charge in [-0.3, -0.25) is 9.10 Å². The van der Waals surface area contributed by atoms with Crippen molar-refractivity contribution in [1.82, 2.24) is 0 Å². The smallest absolute Gasteiger partial charge is 0.264 e. The Morgan fingerprint density at radius 3 is 2.23 bits per heavy atom. The van der Waals surface area contributed by atoms with Crippen LogP contribution in [-0.2, 0) is 14.8 Å². The lowest BCUT2D eigenvalue weighted by Gasteiger charge is -2.25. The van der Waals surface area contributed by atoms with Gasteiger partial charge in [-0.1, -0.05) is 58.6 Å². The zero-order chi connectivity index (χ0) is 22.8. The Bertz CT molecular complexity index is 1230. The molecule has 0 radical (unpaired) electrons. The molecule has 0 saturated carbocycles. The quantitative estimate of drug-likeness (QED) is 0.447. The van der Waals surface area contributed by atoms with Crippen LogP contribution < -0.4 is 9.62 Å². The Morgan fingerprint density at radius 2 is 1.58 bits per heavy atom. The first kappa shape index (κ1) is 23.4. The average Bonchev–Trinajstić information content (AvgIpc) is 2.71. The number of nitrogens with one attached hydrogen (secondary N) is 1. The minimum absolute atomic E-state index is 0.0281. The molecule has 0 fully saturated rings. The molecule has 0 heterocycles. The molecule has 0 aliphatic carbocycles. The van der Waals surface area contributed by atoms with Gasteiger partial charge >= 0.3 is 0 Å². The molecule has 0 spiro atoms. The molecule has 1 amide bonds. The number of nitrogens with zero attached hydrogens (tertiary/aromatic N) is 1. The van der Waals surface area contributed by atoms with Gasteiger partial charge < -0.3 is 5.32 Å². The van der Waals surface area contributed by atoms with E-state index in [0.29, 0.717) is 10.7 Å². The highest BCUT2D eigenvalue weighted by molar-refractivity contribution is 7.92. The van der Waals surface area contributed by atoms with Crippen molar-refractivity contribution < 1.29 is 13.2 Å². The molecule has 0 aromatic heterocycles. The van der Waals surface area contributed by atoms with E-state index in [1.54, 1.807) is 36.4 Å². The van der Waals surface area contributed by atoms with Crippen LogP contribution in [0.15, 0.2) is 65.6 Å². The molecule has 5 nitrogen and oxygen atoms in total. The molecule has 9 heteroatoms. The zero-order valence-electron chi connectivity index (χ0n) is 16.7. The highest BCUT2D eigenvalue weighted by Crippen LogP contribution is 2.33. The van der Waals surface area contributed by atoms with Gasteiger partial charge in [-0.25, -0.2) is 8.42 Å². The molecule has 0 atom stereocenters. The average molecular weight is 498 g/mol. The van der Waals surface area contributed by atoms with Crippen molar-refractivity contribution in [3.8, 4) is 0 Å². The van der Waals surface area contributed by atoms with Crippen molar-refractivity contribution in [2.45, 2.75) is 18.7 Å². The minimum Gasteiger partial charge on any atom is -0.324 e. The summed E-state index contributed by atoms with van der Waals surface area (Å²) in [7, 11) is -4.11. The lowest BCUT2D eigenvalue weighted by molar-refractivity contribution is -0.114. The summed E-state index contributed by atoms with van der Waals surface area (Å²) in [6.07, 6.45) is 0. The van der Waals surface area contributed by atoms with Gasteiger partial charge in [0.2, 0.25) is 5.91 Å². The fourth-order valence-electron chi connectivity index (χ4n) is 2.82. The lowest BCUT2D eigenvalue weighted by atomic mass is 10.2. The summed E-state index contributed by atoms with van der Waals surface area (Å²) in [5, 5.41) is 3.59. The standard InChI is InChI=1S/C22H19Cl3N2O3S/c1-14-3-8-18(9-4-14)31(29,30)27(21-11-16(23)6-10-19(21)24)13-22(28)26-17-7-5-15(2)20(25)12-17/h3-12H,13H2,1-2H3,(H,26,28). The third kappa shape index (κ3) is 5.52. The summed E-state index contributed by atoms with van der Waals surface area (Å²) in [4.78, 5) is 12.8.